The molecule has 0 bridgehead atoms. The van der Waals surface area contributed by atoms with Crippen LogP contribution in [0, 0.1) is 0 Å². The Morgan fingerprint density at radius 1 is 1.09 bits per heavy atom. The normalized spacial score (nSPS) is 7.18. The summed E-state index contributed by atoms with van der Waals surface area (Å²) in [7, 11) is 3.75. The van der Waals surface area contributed by atoms with Gasteiger partial charge >= 0.3 is 25.4 Å². The summed E-state index contributed by atoms with van der Waals surface area (Å²) in [4.78, 5) is 0. The molecule has 1 N–H and O–H groups in total. The van der Waals surface area contributed by atoms with E-state index in [1.54, 1.807) is 0 Å². The topological polar surface area (TPSA) is 12.0 Å². The van der Waals surface area contributed by atoms with Crippen LogP contribution in [0.15, 0.2) is 30.3 Å². The molecule has 0 unspecified atom stereocenters. The van der Waals surface area contributed by atoms with Crippen molar-refractivity contribution in [1.82, 2.24) is 5.32 Å². The lowest BCUT2D eigenvalue weighted by Crippen LogP contribution is -1.97. The molecule has 1 nitrogen and oxygen atoms in total. The van der Waals surface area contributed by atoms with Gasteiger partial charge in [0, 0.05) is 12.1 Å². The van der Waals surface area contributed by atoms with Gasteiger partial charge < -0.3 is 5.32 Å². The second kappa shape index (κ2) is 10.2. The van der Waals surface area contributed by atoms with Gasteiger partial charge in [0.25, 0.3) is 0 Å². The summed E-state index contributed by atoms with van der Waals surface area (Å²) in [5.41, 5.74) is 0. The third kappa shape index (κ3) is 10.2. The number of benzene rings is 1. The van der Waals surface area contributed by atoms with Crippen molar-refractivity contribution in [3.05, 3.63) is 30.3 Å². The molecule has 0 aliphatic heterocycles. The van der Waals surface area contributed by atoms with Crippen molar-refractivity contribution < 1.29 is 0 Å². The third-order valence-corrected chi connectivity index (χ3v) is 1.31. The van der Waals surface area contributed by atoms with Gasteiger partial charge in [0.2, 0.25) is 0 Å². The summed E-state index contributed by atoms with van der Waals surface area (Å²) in [5.74, 6) is 0. The average molecular weight is 183 g/mol. The highest BCUT2D eigenvalue weighted by molar-refractivity contribution is 6.32. The summed E-state index contributed by atoms with van der Waals surface area (Å²) >= 11 is 1.90. The van der Waals surface area contributed by atoms with Crippen LogP contribution in [0.1, 0.15) is 0 Å². The molecular weight excluding hydrogens is 170 g/mol. The van der Waals surface area contributed by atoms with E-state index in [1.807, 2.05) is 54.0 Å². The maximum absolute atomic E-state index is 2.75. The molecule has 57 valence electrons. The molecule has 0 aromatic heterocycles. The largest absolute Gasteiger partial charge is 1.47 e. The van der Waals surface area contributed by atoms with Gasteiger partial charge in [0.1, 0.15) is 0 Å². The average Bonchev–Trinajstić information content (AvgIpc) is 1.91. The van der Waals surface area contributed by atoms with Crippen LogP contribution in [-0.2, 0) is 0 Å². The van der Waals surface area contributed by atoms with Crippen molar-refractivity contribution in [2.24, 2.45) is 0 Å². The Morgan fingerprint density at radius 3 is 1.64 bits per heavy atom. The molecule has 0 heterocycles. The zero-order chi connectivity index (χ0) is 7.82. The Kier molecular flexibility index (Phi) is 12.8. The van der Waals surface area contributed by atoms with E-state index >= 15 is 0 Å². The van der Waals surface area contributed by atoms with Crippen molar-refractivity contribution in [2.75, 3.05) is 14.1 Å². The highest BCUT2D eigenvalue weighted by Crippen LogP contribution is 1.76. The van der Waals surface area contributed by atoms with Gasteiger partial charge in [0.15, 0.2) is 0 Å². The fourth-order valence-corrected chi connectivity index (χ4v) is 0.750. The van der Waals surface area contributed by atoms with E-state index in [0.717, 1.165) is 0 Å². The van der Waals surface area contributed by atoms with Crippen LogP contribution >= 0.6 is 12.4 Å². The molecule has 1 rings (SSSR count). The highest BCUT2D eigenvalue weighted by Gasteiger charge is 2.28. The maximum atomic E-state index is 2.75. The van der Waals surface area contributed by atoms with Crippen molar-refractivity contribution in [3.63, 3.8) is 0 Å². The van der Waals surface area contributed by atoms with Crippen molar-refractivity contribution >= 4 is 37.8 Å². The molecular formula is C8H13ClMgN+2. The van der Waals surface area contributed by atoms with Crippen LogP contribution in [0.2, 0.25) is 0 Å². The van der Waals surface area contributed by atoms with Crippen LogP contribution in [0.3, 0.4) is 0 Å². The predicted molar refractivity (Wildman–Crippen MR) is 54.1 cm³/mol. The molecule has 7 radical (unpaired) electrons. The zero-order valence-electron chi connectivity index (χ0n) is 7.00. The summed E-state index contributed by atoms with van der Waals surface area (Å²) in [6.45, 7) is 0. The van der Waals surface area contributed by atoms with E-state index in [9.17, 15) is 0 Å². The number of hydrogen-bond donors (Lipinski definition) is 1. The molecule has 0 fully saturated rings. The Labute approximate surface area is 87.4 Å². The van der Waals surface area contributed by atoms with Gasteiger partial charge in [-0.15, -0.1) is 12.4 Å². The second-order valence-electron chi connectivity index (χ2n) is 1.99. The monoisotopic (exact) mass is 182 g/mol. The first-order chi connectivity index (χ1) is 4.81. The highest BCUT2D eigenvalue weighted by atomic mass is 35.5. The van der Waals surface area contributed by atoms with E-state index in [0.29, 0.717) is 0 Å². The Hall–Kier alpha value is 0.236. The fourth-order valence-electron chi connectivity index (χ4n) is 0.478. The predicted octanol–water partition coefficient (Wildman–Crippen LogP) is 0.738. The lowest BCUT2D eigenvalue weighted by Gasteiger charge is -1.65. The maximum Gasteiger partial charge on any atom is 1.47 e. The molecule has 1 aromatic carbocycles. The lowest BCUT2D eigenvalue weighted by molar-refractivity contribution is 1.02. The Balaban J connectivity index is 0. The van der Waals surface area contributed by atoms with E-state index in [-0.39, 0.29) is 12.4 Å². The number of hydrogen-bond acceptors (Lipinski definition) is 1. The van der Waals surface area contributed by atoms with E-state index < -0.39 is 0 Å². The van der Waals surface area contributed by atoms with Crippen molar-refractivity contribution in [1.29, 1.82) is 0 Å². The molecule has 11 heavy (non-hydrogen) atoms. The van der Waals surface area contributed by atoms with Crippen molar-refractivity contribution in [3.8, 4) is 0 Å². The minimum Gasteiger partial charge on any atom is -0.323 e. The molecule has 0 atom stereocenters. The van der Waals surface area contributed by atoms with E-state index in [1.165, 1.54) is 3.69 Å². The minimum absolute atomic E-state index is 0. The molecule has 0 spiro atoms. The first kappa shape index (κ1) is 13.8. The van der Waals surface area contributed by atoms with Crippen LogP contribution in [0.4, 0.5) is 0 Å². The van der Waals surface area contributed by atoms with Crippen molar-refractivity contribution in [2.45, 2.75) is 0 Å². The first-order valence-electron chi connectivity index (χ1n) is 3.26. The van der Waals surface area contributed by atoms with Gasteiger partial charge in [-0.2, -0.15) is 0 Å². The smallest absolute Gasteiger partial charge is 0.323 e. The van der Waals surface area contributed by atoms with Gasteiger partial charge in [-0.25, -0.2) is 0 Å². The van der Waals surface area contributed by atoms with Gasteiger partial charge in [-0.3, -0.25) is 0 Å². The summed E-state index contributed by atoms with van der Waals surface area (Å²) in [5, 5.41) is 2.75. The number of nitrogens with one attached hydrogen (secondary N) is 1. The van der Waals surface area contributed by atoms with Crippen LogP contribution in [-0.4, -0.2) is 35.8 Å². The molecule has 0 aliphatic rings. The van der Waals surface area contributed by atoms with E-state index in [2.05, 4.69) is 17.4 Å². The molecule has 0 aliphatic carbocycles. The summed E-state index contributed by atoms with van der Waals surface area (Å²) in [6, 6.07) is 10.3. The number of rotatable bonds is 0. The van der Waals surface area contributed by atoms with Crippen LogP contribution in [0.25, 0.3) is 0 Å². The fraction of sp³-hybridized carbons (Fsp3) is 0.250. The zero-order valence-corrected chi connectivity index (χ0v) is 9.23. The first-order valence-corrected chi connectivity index (χ1v) is 3.97. The van der Waals surface area contributed by atoms with Gasteiger partial charge in [-0.1, -0.05) is 18.2 Å². The lowest BCUT2D eigenvalue weighted by atomic mass is 10.4. The molecule has 3 heteroatoms. The Morgan fingerprint density at radius 2 is 1.45 bits per heavy atom. The standard InChI is InChI=1S/C6H5.C2H7N.ClH.Mg/c1-2-4-6-5-3-1;1-3-2;;/h1-5H;3H,1-2H3;1H;/q;;;+2. The molecule has 0 amide bonds. The number of halogens is 1. The SMILES string of the molecule is CNC.Cl.[Mg+2][c]1ccccc1. The van der Waals surface area contributed by atoms with Gasteiger partial charge in [-0.05, 0) is 14.1 Å². The Bertz CT molecular complexity index is 155. The molecule has 0 saturated heterocycles. The summed E-state index contributed by atoms with van der Waals surface area (Å²) < 4.78 is 1.35. The minimum atomic E-state index is 0. The summed E-state index contributed by atoms with van der Waals surface area (Å²) in [6.07, 6.45) is 0. The van der Waals surface area contributed by atoms with Gasteiger partial charge in [0.05, 0.1) is 0 Å². The van der Waals surface area contributed by atoms with Crippen LogP contribution < -0.4 is 9.01 Å². The van der Waals surface area contributed by atoms with Crippen LogP contribution in [0.5, 0.6) is 0 Å². The van der Waals surface area contributed by atoms with E-state index in [4.69, 9.17) is 0 Å². The second-order valence-corrected chi connectivity index (χ2v) is 2.80. The third-order valence-electron chi connectivity index (χ3n) is 0.843. The quantitative estimate of drug-likeness (QED) is 0.584. The molecule has 0 saturated carbocycles. The molecule has 1 aromatic rings.